The maximum absolute atomic E-state index is 10.6. The molecule has 0 heterocycles. The van der Waals surface area contributed by atoms with Crippen LogP contribution in [0.4, 0.5) is 0 Å². The largest absolute Gasteiger partial charge is 0.666 e. The van der Waals surface area contributed by atoms with E-state index in [0.717, 1.165) is 0 Å². The van der Waals surface area contributed by atoms with Crippen LogP contribution >= 0.6 is 0 Å². The van der Waals surface area contributed by atoms with E-state index >= 15 is 0 Å². The van der Waals surface area contributed by atoms with Crippen LogP contribution in [0.3, 0.4) is 0 Å². The molecule has 0 saturated heterocycles. The summed E-state index contributed by atoms with van der Waals surface area (Å²) in [6.07, 6.45) is 0. The summed E-state index contributed by atoms with van der Waals surface area (Å²) < 4.78 is 17.1. The third-order valence-electron chi connectivity index (χ3n) is 1.81. The average Bonchev–Trinajstić information content (AvgIpc) is 2.07. The van der Waals surface area contributed by atoms with E-state index in [4.69, 9.17) is 13.0 Å². The second-order valence-corrected chi connectivity index (χ2v) is 15.1. The Morgan fingerprint density at radius 1 is 0.789 bits per heavy atom. The predicted molar refractivity (Wildman–Crippen MR) is 83.2 cm³/mol. The quantitative estimate of drug-likeness (QED) is 0.764. The molecule has 0 rings (SSSR count). The molecule has 0 aromatic heterocycles. The van der Waals surface area contributed by atoms with E-state index in [0.29, 0.717) is 13.2 Å². The highest BCUT2D eigenvalue weighted by Gasteiger charge is 2.46. The van der Waals surface area contributed by atoms with Crippen LogP contribution in [0, 0.1) is 10.8 Å². The third kappa shape index (κ3) is 11.8. The van der Waals surface area contributed by atoms with Crippen molar-refractivity contribution < 1.29 is 17.8 Å². The minimum absolute atomic E-state index is 0.0329. The highest BCUT2D eigenvalue weighted by Crippen LogP contribution is 2.23. The van der Waals surface area contributed by atoms with Crippen LogP contribution in [0.2, 0.25) is 19.6 Å². The smallest absolute Gasteiger partial charge is 0.394 e. The van der Waals surface area contributed by atoms with E-state index in [2.05, 4.69) is 41.5 Å². The van der Waals surface area contributed by atoms with Crippen molar-refractivity contribution in [2.24, 2.45) is 10.8 Å². The summed E-state index contributed by atoms with van der Waals surface area (Å²) in [7, 11) is -5.47. The van der Waals surface area contributed by atoms with Gasteiger partial charge in [-0.05, 0) is 30.5 Å². The van der Waals surface area contributed by atoms with Crippen molar-refractivity contribution in [3.63, 3.8) is 0 Å². The van der Waals surface area contributed by atoms with E-state index in [1.807, 2.05) is 19.6 Å². The molecule has 116 valence electrons. The maximum Gasteiger partial charge on any atom is 0.666 e. The summed E-state index contributed by atoms with van der Waals surface area (Å²) in [6, 6.07) is 0. The highest BCUT2D eigenvalue weighted by molar-refractivity contribution is 6.77. The van der Waals surface area contributed by atoms with Crippen LogP contribution in [-0.4, -0.2) is 35.4 Å². The molecule has 0 unspecified atom stereocenters. The van der Waals surface area contributed by atoms with Crippen LogP contribution in [0.15, 0.2) is 0 Å². The van der Waals surface area contributed by atoms with Gasteiger partial charge in [-0.3, -0.25) is 0 Å². The number of hydrogen-bond donors (Lipinski definition) is 1. The topological polar surface area (TPSA) is 47.9 Å². The minimum atomic E-state index is -3.54. The zero-order valence-electron chi connectivity index (χ0n) is 14.1. The lowest BCUT2D eigenvalue weighted by atomic mass is 9.99. The highest BCUT2D eigenvalue weighted by atomic mass is 28.5. The van der Waals surface area contributed by atoms with E-state index in [1.165, 1.54) is 0 Å². The molecule has 0 aromatic carbocycles. The van der Waals surface area contributed by atoms with E-state index in [1.54, 1.807) is 0 Å². The van der Waals surface area contributed by atoms with Gasteiger partial charge >= 0.3 is 9.05 Å². The molecule has 0 atom stereocenters. The summed E-state index contributed by atoms with van der Waals surface area (Å²) in [5.74, 6) is 0. The van der Waals surface area contributed by atoms with Crippen LogP contribution < -0.4 is 0 Å². The molecule has 0 bridgehead atoms. The Morgan fingerprint density at radius 2 is 1.11 bits per heavy atom. The van der Waals surface area contributed by atoms with E-state index in [9.17, 15) is 4.80 Å². The molecule has 1 N–H and O–H groups in total. The summed E-state index contributed by atoms with van der Waals surface area (Å²) in [5.41, 5.74) is -0.0657. The van der Waals surface area contributed by atoms with Crippen molar-refractivity contribution in [2.45, 2.75) is 61.2 Å². The van der Waals surface area contributed by atoms with Gasteiger partial charge in [-0.25, -0.2) is 0 Å². The Kier molecular flexibility index (Phi) is 6.45. The zero-order chi connectivity index (χ0) is 15.5. The van der Waals surface area contributed by atoms with Crippen molar-refractivity contribution in [1.82, 2.24) is 0 Å². The Labute approximate surface area is 121 Å². The fourth-order valence-electron chi connectivity index (χ4n) is 1.10. The number of hydrogen-bond acceptors (Lipinski definition) is 4. The Balaban J connectivity index is 4.72. The summed E-state index contributed by atoms with van der Waals surface area (Å²) in [4.78, 5) is 10.6. The van der Waals surface area contributed by atoms with Gasteiger partial charge in [-0.1, -0.05) is 41.5 Å². The van der Waals surface area contributed by atoms with Crippen molar-refractivity contribution in [3.8, 4) is 0 Å². The van der Waals surface area contributed by atoms with Gasteiger partial charge in [0, 0.05) is 13.2 Å². The lowest BCUT2D eigenvalue weighted by molar-refractivity contribution is -0.00761. The molecule has 0 amide bonds. The number of rotatable bonds is 6. The first-order valence-electron chi connectivity index (χ1n) is 6.82. The van der Waals surface area contributed by atoms with Crippen molar-refractivity contribution in [3.05, 3.63) is 0 Å². The average molecular weight is 309 g/mol. The molecule has 0 fully saturated rings. The van der Waals surface area contributed by atoms with Crippen LogP contribution in [-0.2, 0) is 13.0 Å². The molecule has 0 spiro atoms. The van der Waals surface area contributed by atoms with E-state index < -0.39 is 17.4 Å². The molecule has 0 radical (unpaired) electrons. The molecule has 19 heavy (non-hydrogen) atoms. The van der Waals surface area contributed by atoms with Gasteiger partial charge in [0.05, 0.1) is 0 Å². The fraction of sp³-hybridized carbons (Fsp3) is 1.00. The van der Waals surface area contributed by atoms with Gasteiger partial charge < -0.3 is 17.8 Å². The standard InChI is InChI=1S/C13H32O4Si2/c1-12(2,3)10-15-19(14,17-18(7,8)9)16-11-13(4,5)6/h14H,10-11H2,1-9H3. The summed E-state index contributed by atoms with van der Waals surface area (Å²) in [6.45, 7) is 19.2. The lowest BCUT2D eigenvalue weighted by Crippen LogP contribution is -2.54. The van der Waals surface area contributed by atoms with Gasteiger partial charge in [0.15, 0.2) is 8.32 Å². The molecule has 0 aliphatic carbocycles. The maximum atomic E-state index is 10.6. The first kappa shape index (κ1) is 19.3. The minimum Gasteiger partial charge on any atom is -0.394 e. The zero-order valence-corrected chi connectivity index (χ0v) is 16.1. The Bertz CT molecular complexity index is 256. The first-order valence-corrected chi connectivity index (χ1v) is 11.9. The predicted octanol–water partition coefficient (Wildman–Crippen LogP) is 3.39. The van der Waals surface area contributed by atoms with Gasteiger partial charge in [-0.2, -0.15) is 0 Å². The monoisotopic (exact) mass is 308 g/mol. The molecule has 4 nitrogen and oxygen atoms in total. The van der Waals surface area contributed by atoms with E-state index in [-0.39, 0.29) is 10.8 Å². The second kappa shape index (κ2) is 6.36. The normalized spacial score (nSPS) is 14.8. The molecular formula is C13H32O4Si2. The van der Waals surface area contributed by atoms with Gasteiger partial charge in [0.25, 0.3) is 0 Å². The Morgan fingerprint density at radius 3 is 1.32 bits per heavy atom. The van der Waals surface area contributed by atoms with Gasteiger partial charge in [0.1, 0.15) is 0 Å². The Hall–Kier alpha value is 0.274. The fourth-order valence-corrected chi connectivity index (χ4v) is 5.98. The molecule has 6 heteroatoms. The molecule has 0 aromatic rings. The van der Waals surface area contributed by atoms with Crippen LogP contribution in [0.25, 0.3) is 0 Å². The molecule has 0 saturated carbocycles. The van der Waals surface area contributed by atoms with Gasteiger partial charge in [0.2, 0.25) is 0 Å². The van der Waals surface area contributed by atoms with Crippen molar-refractivity contribution in [1.29, 1.82) is 0 Å². The molecular weight excluding hydrogens is 276 g/mol. The lowest BCUT2D eigenvalue weighted by Gasteiger charge is -2.33. The molecule has 0 aliphatic rings. The first-order chi connectivity index (χ1) is 8.12. The second-order valence-electron chi connectivity index (χ2n) is 8.44. The SMILES string of the molecule is CC(C)(C)CO[Si](O)(OCC(C)(C)C)O[Si](C)(C)C. The van der Waals surface area contributed by atoms with Crippen molar-refractivity contribution >= 4 is 17.4 Å². The van der Waals surface area contributed by atoms with Gasteiger partial charge in [-0.15, -0.1) is 0 Å². The summed E-state index contributed by atoms with van der Waals surface area (Å²) in [5, 5.41) is 0. The summed E-state index contributed by atoms with van der Waals surface area (Å²) >= 11 is 0. The molecule has 0 aliphatic heterocycles. The van der Waals surface area contributed by atoms with Crippen LogP contribution in [0.5, 0.6) is 0 Å². The van der Waals surface area contributed by atoms with Crippen LogP contribution in [0.1, 0.15) is 41.5 Å². The third-order valence-corrected chi connectivity index (χ3v) is 6.31. The van der Waals surface area contributed by atoms with Crippen molar-refractivity contribution in [2.75, 3.05) is 13.2 Å².